The second kappa shape index (κ2) is 30.6. The number of hydrogen-bond donors (Lipinski definition) is 1. The lowest BCUT2D eigenvalue weighted by molar-refractivity contribution is -0.149. The Labute approximate surface area is 446 Å². The number of carbonyl (C=O) groups excluding carboxylic acids is 7. The van der Waals surface area contributed by atoms with Crippen LogP contribution in [0.15, 0.2) is 66.0 Å². The summed E-state index contributed by atoms with van der Waals surface area (Å²) in [5.74, 6) is -2.46. The van der Waals surface area contributed by atoms with Crippen molar-refractivity contribution in [2.45, 2.75) is 128 Å². The topological polar surface area (TPSA) is 191 Å². The van der Waals surface area contributed by atoms with E-state index in [1.165, 1.54) is 34.9 Å². The number of nitrogens with one attached hydrogen (secondary N) is 1. The Bertz CT molecular complexity index is 2280. The highest BCUT2D eigenvalue weighted by Crippen LogP contribution is 2.37. The highest BCUT2D eigenvalue weighted by molar-refractivity contribution is 8.00. The van der Waals surface area contributed by atoms with Crippen LogP contribution in [0.4, 0.5) is 0 Å². The Morgan fingerprint density at radius 3 is 2.11 bits per heavy atom. The first-order chi connectivity index (χ1) is 35.5. The zero-order valence-electron chi connectivity index (χ0n) is 44.7. The van der Waals surface area contributed by atoms with Crippen LogP contribution >= 0.6 is 23.1 Å². The molecule has 3 aromatic rings. The van der Waals surface area contributed by atoms with Gasteiger partial charge in [-0.3, -0.25) is 43.4 Å². The molecule has 1 aromatic heterocycles. The second-order valence-corrected chi connectivity index (χ2v) is 21.8. The van der Waals surface area contributed by atoms with Crippen molar-refractivity contribution in [3.05, 3.63) is 87.9 Å². The van der Waals surface area contributed by atoms with Crippen LogP contribution in [0.1, 0.15) is 137 Å². The third-order valence-electron chi connectivity index (χ3n) is 14.4. The van der Waals surface area contributed by atoms with Crippen LogP contribution in [0.25, 0.3) is 0 Å². The zero-order chi connectivity index (χ0) is 53.7. The van der Waals surface area contributed by atoms with Crippen LogP contribution in [-0.2, 0) is 47.7 Å². The lowest BCUT2D eigenvalue weighted by Crippen LogP contribution is -2.48. The Balaban J connectivity index is 1.21. The van der Waals surface area contributed by atoms with E-state index in [4.69, 9.17) is 23.9 Å². The van der Waals surface area contributed by atoms with Crippen LogP contribution < -0.4 is 5.32 Å². The third kappa shape index (κ3) is 17.6. The number of hydrogen-bond acceptors (Lipinski definition) is 15. The maximum Gasteiger partial charge on any atom is 0.303 e. The standard InChI is InChI=1S/C56H79N5O11S2/c1-9-38(4)43(33-48(64)46-22-16-17-24-59(46)6)55(67)60(7)47(37(2)3)34-49(72-39(5)62)54-57-45(36-74-54)53(66)58-52(41-20-14-11-15-21-41)44(40-18-12-10-13-19-40)32-42(63)23-26-69-28-30-71-31-29-70-27-25-61-51(65)35-50(73-8)56(61)68/h10-15,18-21,36-38,43-44,46-47,49-50,52H,9,16-17,22-35H2,1-8H3,(H,58,66)/t38-,43-,44?,46?,47+,49+,50?,52?/m0/s1. The molecule has 8 atom stereocenters. The van der Waals surface area contributed by atoms with Gasteiger partial charge in [-0.05, 0) is 55.7 Å². The smallest absolute Gasteiger partial charge is 0.303 e. The molecule has 74 heavy (non-hydrogen) atoms. The number of piperidine rings is 1. The predicted octanol–water partition coefficient (Wildman–Crippen LogP) is 7.87. The molecule has 2 saturated heterocycles. The molecule has 2 fully saturated rings. The van der Waals surface area contributed by atoms with Gasteiger partial charge in [-0.25, -0.2) is 4.98 Å². The van der Waals surface area contributed by atoms with Crippen molar-refractivity contribution in [2.24, 2.45) is 17.8 Å². The third-order valence-corrected chi connectivity index (χ3v) is 16.2. The summed E-state index contributed by atoms with van der Waals surface area (Å²) in [6.45, 7) is 12.1. The van der Waals surface area contributed by atoms with E-state index in [2.05, 4.69) is 10.2 Å². The van der Waals surface area contributed by atoms with Crippen molar-refractivity contribution in [1.82, 2.24) is 25.0 Å². The molecule has 2 aliphatic heterocycles. The molecule has 3 heterocycles. The Hall–Kier alpha value is -4.85. The molecule has 18 heteroatoms. The summed E-state index contributed by atoms with van der Waals surface area (Å²) in [6.07, 6.45) is 5.41. The molecular formula is C56H79N5O11S2. The van der Waals surface area contributed by atoms with E-state index in [9.17, 15) is 33.6 Å². The SMILES string of the molecule is CC[C@H](C)[C@H](CC(=O)C1CCCCN1C)C(=O)N(C)[C@H](C[C@@H](OC(C)=O)c1nc(C(=O)NC(c2ccccc2)C(CC(=O)CCOCCOCCOCCN2C(=O)CC(SC)C2=O)c2ccccc2)cs1)C(C)C. The van der Waals surface area contributed by atoms with Crippen LogP contribution in [0.3, 0.4) is 0 Å². The van der Waals surface area contributed by atoms with Crippen molar-refractivity contribution >= 4 is 64.3 Å². The van der Waals surface area contributed by atoms with E-state index in [1.54, 1.807) is 17.3 Å². The molecule has 1 N–H and O–H groups in total. The number of rotatable bonds is 32. The molecule has 0 saturated carbocycles. The van der Waals surface area contributed by atoms with Crippen LogP contribution in [0, 0.1) is 17.8 Å². The number of thiazole rings is 1. The van der Waals surface area contributed by atoms with E-state index in [0.717, 1.165) is 43.4 Å². The van der Waals surface area contributed by atoms with Gasteiger partial charge in [-0.15, -0.1) is 11.3 Å². The van der Waals surface area contributed by atoms with Gasteiger partial charge in [0.05, 0.1) is 63.5 Å². The first-order valence-electron chi connectivity index (χ1n) is 26.2. The molecule has 2 aromatic carbocycles. The van der Waals surface area contributed by atoms with Crippen molar-refractivity contribution in [1.29, 1.82) is 0 Å². The number of likely N-dealkylation sites (tertiary alicyclic amines) is 2. The van der Waals surface area contributed by atoms with E-state index < -0.39 is 41.9 Å². The van der Waals surface area contributed by atoms with Crippen molar-refractivity contribution in [2.75, 3.05) is 73.1 Å². The van der Waals surface area contributed by atoms with Crippen LogP contribution in [0.5, 0.6) is 0 Å². The summed E-state index contributed by atoms with van der Waals surface area (Å²) in [7, 11) is 3.75. The van der Waals surface area contributed by atoms with Gasteiger partial charge < -0.3 is 29.2 Å². The van der Waals surface area contributed by atoms with Gasteiger partial charge in [0, 0.05) is 69.3 Å². The van der Waals surface area contributed by atoms with Gasteiger partial charge in [0.1, 0.15) is 16.5 Å². The monoisotopic (exact) mass is 1060 g/mol. The number of likely N-dealkylation sites (N-methyl/N-ethyl adjacent to an activating group) is 1. The van der Waals surface area contributed by atoms with Gasteiger partial charge in [0.15, 0.2) is 11.9 Å². The molecule has 4 unspecified atom stereocenters. The largest absolute Gasteiger partial charge is 0.455 e. The number of imide groups is 1. The number of carbonyl (C=O) groups is 7. The van der Waals surface area contributed by atoms with Gasteiger partial charge in [0.2, 0.25) is 17.7 Å². The number of esters is 1. The van der Waals surface area contributed by atoms with Crippen LogP contribution in [-0.4, -0.2) is 151 Å². The summed E-state index contributed by atoms with van der Waals surface area (Å²) < 4.78 is 22.8. The molecule has 5 rings (SSSR count). The second-order valence-electron chi connectivity index (χ2n) is 19.8. The molecule has 4 amide bonds. The fourth-order valence-electron chi connectivity index (χ4n) is 9.84. The average Bonchev–Trinajstić information content (AvgIpc) is 4.00. The summed E-state index contributed by atoms with van der Waals surface area (Å²) in [6, 6.07) is 17.9. The summed E-state index contributed by atoms with van der Waals surface area (Å²) in [5, 5.41) is 4.94. The Kier molecular flexibility index (Phi) is 24.8. The molecule has 0 radical (unpaired) electrons. The quantitative estimate of drug-likeness (QED) is 0.0361. The minimum atomic E-state index is -0.866. The number of thioether (sulfide) groups is 1. The fraction of sp³-hybridized carbons (Fsp3) is 0.607. The molecule has 0 aliphatic carbocycles. The Morgan fingerprint density at radius 2 is 1.51 bits per heavy atom. The average molecular weight is 1060 g/mol. The zero-order valence-corrected chi connectivity index (χ0v) is 46.3. The molecule has 0 bridgehead atoms. The number of ether oxygens (including phenoxy) is 4. The number of aromatic nitrogens is 1. The predicted molar refractivity (Wildman–Crippen MR) is 287 cm³/mol. The first-order valence-corrected chi connectivity index (χ1v) is 28.4. The molecular weight excluding hydrogens is 983 g/mol. The Morgan fingerprint density at radius 1 is 0.878 bits per heavy atom. The molecule has 406 valence electrons. The first kappa shape index (κ1) is 60.0. The van der Waals surface area contributed by atoms with Crippen molar-refractivity contribution in [3.63, 3.8) is 0 Å². The lowest BCUT2D eigenvalue weighted by atomic mass is 9.83. The maximum atomic E-state index is 14.5. The number of ketones is 2. The lowest BCUT2D eigenvalue weighted by Gasteiger charge is -2.37. The summed E-state index contributed by atoms with van der Waals surface area (Å²) in [4.78, 5) is 103. The van der Waals surface area contributed by atoms with E-state index in [-0.39, 0.29) is 117 Å². The van der Waals surface area contributed by atoms with Gasteiger partial charge in [0.25, 0.3) is 5.91 Å². The summed E-state index contributed by atoms with van der Waals surface area (Å²) in [5.41, 5.74) is 1.78. The number of benzene rings is 2. The van der Waals surface area contributed by atoms with E-state index in [0.29, 0.717) is 24.8 Å². The summed E-state index contributed by atoms with van der Waals surface area (Å²) >= 11 is 2.57. The number of amides is 4. The van der Waals surface area contributed by atoms with Gasteiger partial charge in [-0.2, -0.15) is 11.8 Å². The molecule has 2 aliphatic rings. The van der Waals surface area contributed by atoms with E-state index >= 15 is 0 Å². The molecule has 0 spiro atoms. The number of Topliss-reactive ketones (excluding diaryl/α,β-unsaturated/α-hetero) is 2. The van der Waals surface area contributed by atoms with Gasteiger partial charge >= 0.3 is 5.97 Å². The molecule has 16 nitrogen and oxygen atoms in total. The van der Waals surface area contributed by atoms with Gasteiger partial charge in [-0.1, -0.05) is 101 Å². The van der Waals surface area contributed by atoms with Crippen molar-refractivity contribution in [3.8, 4) is 0 Å². The fourth-order valence-corrected chi connectivity index (χ4v) is 11.3. The van der Waals surface area contributed by atoms with Crippen molar-refractivity contribution < 1.29 is 52.5 Å². The highest BCUT2D eigenvalue weighted by atomic mass is 32.2. The minimum absolute atomic E-state index is 0.0288. The maximum absolute atomic E-state index is 14.5. The van der Waals surface area contributed by atoms with E-state index in [1.807, 2.05) is 102 Å². The normalized spacial score (nSPS) is 18.6. The number of nitrogens with zero attached hydrogens (tertiary/aromatic N) is 4. The highest BCUT2D eigenvalue weighted by Gasteiger charge is 2.39. The minimum Gasteiger partial charge on any atom is -0.455 e. The van der Waals surface area contributed by atoms with Crippen LogP contribution in [0.2, 0.25) is 0 Å².